The Morgan fingerprint density at radius 2 is 2.07 bits per heavy atom. The number of nitrogens with zero attached hydrogens (tertiary/aromatic N) is 1. The van der Waals surface area contributed by atoms with E-state index in [0.717, 1.165) is 18.3 Å². The highest BCUT2D eigenvalue weighted by Crippen LogP contribution is 2.21. The topological polar surface area (TPSA) is 23.5 Å². The number of hydrogen-bond donors (Lipinski definition) is 1. The van der Waals surface area contributed by atoms with Crippen molar-refractivity contribution in [3.63, 3.8) is 0 Å². The average molecular weight is 199 g/mol. The molecule has 0 aromatic heterocycles. The second-order valence-corrected chi connectivity index (χ2v) is 4.61. The van der Waals surface area contributed by atoms with E-state index >= 15 is 0 Å². The van der Waals surface area contributed by atoms with Gasteiger partial charge in [-0.1, -0.05) is 26.7 Å². The highest BCUT2D eigenvalue weighted by Gasteiger charge is 2.22. The number of hydrogen-bond acceptors (Lipinski definition) is 2. The number of aliphatic hydroxyl groups is 1. The van der Waals surface area contributed by atoms with Gasteiger partial charge in [0, 0.05) is 19.7 Å². The Hall–Kier alpha value is -0.0800. The van der Waals surface area contributed by atoms with Crippen LogP contribution < -0.4 is 0 Å². The van der Waals surface area contributed by atoms with E-state index in [1.165, 1.54) is 38.9 Å². The fourth-order valence-corrected chi connectivity index (χ4v) is 2.41. The Labute approximate surface area is 88.3 Å². The highest BCUT2D eigenvalue weighted by molar-refractivity contribution is 4.76. The third kappa shape index (κ3) is 3.58. The molecule has 0 aromatic rings. The third-order valence-corrected chi connectivity index (χ3v) is 3.58. The lowest BCUT2D eigenvalue weighted by atomic mass is 10.0. The Kier molecular flexibility index (Phi) is 5.49. The van der Waals surface area contributed by atoms with Crippen molar-refractivity contribution >= 4 is 0 Å². The van der Waals surface area contributed by atoms with E-state index < -0.39 is 0 Å². The summed E-state index contributed by atoms with van der Waals surface area (Å²) in [4.78, 5) is 2.58. The first kappa shape index (κ1) is 12.0. The summed E-state index contributed by atoms with van der Waals surface area (Å²) >= 11 is 0. The van der Waals surface area contributed by atoms with Crippen molar-refractivity contribution in [2.24, 2.45) is 11.8 Å². The van der Waals surface area contributed by atoms with Gasteiger partial charge in [-0.05, 0) is 31.2 Å². The molecule has 1 atom stereocenters. The van der Waals surface area contributed by atoms with Gasteiger partial charge in [-0.25, -0.2) is 0 Å². The predicted octanol–water partition coefficient (Wildman–Crippen LogP) is 2.13. The van der Waals surface area contributed by atoms with Crippen molar-refractivity contribution in [1.29, 1.82) is 0 Å². The summed E-state index contributed by atoms with van der Waals surface area (Å²) in [5.74, 6) is 1.64. The number of likely N-dealkylation sites (tertiary alicyclic amines) is 1. The monoisotopic (exact) mass is 199 g/mol. The predicted molar refractivity (Wildman–Crippen MR) is 60.3 cm³/mol. The Balaban J connectivity index is 2.21. The van der Waals surface area contributed by atoms with E-state index in [1.54, 1.807) is 0 Å². The van der Waals surface area contributed by atoms with E-state index in [0.29, 0.717) is 6.61 Å². The summed E-state index contributed by atoms with van der Waals surface area (Å²) in [6.07, 6.45) is 4.90. The molecule has 1 unspecified atom stereocenters. The molecule has 0 saturated carbocycles. The zero-order valence-electron chi connectivity index (χ0n) is 9.71. The zero-order chi connectivity index (χ0) is 10.4. The molecule has 0 spiro atoms. The van der Waals surface area contributed by atoms with Crippen LogP contribution in [0.2, 0.25) is 0 Å². The lowest BCUT2D eigenvalue weighted by Gasteiger charge is -2.21. The van der Waals surface area contributed by atoms with E-state index in [9.17, 15) is 0 Å². The zero-order valence-corrected chi connectivity index (χ0v) is 9.71. The average Bonchev–Trinajstić information content (AvgIpc) is 2.63. The molecule has 0 radical (unpaired) electrons. The first-order valence-corrected chi connectivity index (χ1v) is 6.13. The van der Waals surface area contributed by atoms with Crippen LogP contribution in [0.15, 0.2) is 0 Å². The second-order valence-electron chi connectivity index (χ2n) is 4.61. The van der Waals surface area contributed by atoms with Crippen LogP contribution in [0.1, 0.15) is 39.5 Å². The smallest absolute Gasteiger partial charge is 0.0434 e. The Morgan fingerprint density at radius 1 is 1.36 bits per heavy atom. The Bertz CT molecular complexity index is 145. The van der Waals surface area contributed by atoms with Crippen LogP contribution in [0, 0.1) is 11.8 Å². The normalized spacial score (nSPS) is 23.6. The quantitative estimate of drug-likeness (QED) is 0.708. The lowest BCUT2D eigenvalue weighted by molar-refractivity contribution is 0.235. The van der Waals surface area contributed by atoms with Gasteiger partial charge in [0.15, 0.2) is 0 Å². The summed E-state index contributed by atoms with van der Waals surface area (Å²) in [5, 5.41) is 8.87. The molecule has 1 rings (SSSR count). The van der Waals surface area contributed by atoms with Crippen LogP contribution in [0.4, 0.5) is 0 Å². The van der Waals surface area contributed by atoms with E-state index in [2.05, 4.69) is 18.7 Å². The van der Waals surface area contributed by atoms with Crippen LogP contribution in [0.5, 0.6) is 0 Å². The first-order chi connectivity index (χ1) is 6.80. The molecule has 14 heavy (non-hydrogen) atoms. The SMILES string of the molecule is CCC(CC)CN1CCC(CCO)C1. The van der Waals surface area contributed by atoms with Crippen LogP contribution in [0.25, 0.3) is 0 Å². The first-order valence-electron chi connectivity index (χ1n) is 6.13. The van der Waals surface area contributed by atoms with Gasteiger partial charge < -0.3 is 10.0 Å². The second kappa shape index (κ2) is 6.41. The van der Waals surface area contributed by atoms with E-state index in [-0.39, 0.29) is 0 Å². The molecule has 0 aromatic carbocycles. The van der Waals surface area contributed by atoms with Crippen molar-refractivity contribution in [1.82, 2.24) is 4.90 Å². The maximum atomic E-state index is 8.87. The summed E-state index contributed by atoms with van der Waals surface area (Å²) in [6, 6.07) is 0. The van der Waals surface area contributed by atoms with Crippen LogP contribution in [0.3, 0.4) is 0 Å². The maximum Gasteiger partial charge on any atom is 0.0434 e. The molecule has 84 valence electrons. The molecule has 1 aliphatic heterocycles. The minimum absolute atomic E-state index is 0.365. The van der Waals surface area contributed by atoms with Crippen molar-refractivity contribution in [2.75, 3.05) is 26.2 Å². The fourth-order valence-electron chi connectivity index (χ4n) is 2.41. The number of rotatable bonds is 6. The molecular weight excluding hydrogens is 174 g/mol. The van der Waals surface area contributed by atoms with Crippen LogP contribution in [-0.4, -0.2) is 36.2 Å². The summed E-state index contributed by atoms with van der Waals surface area (Å²) < 4.78 is 0. The maximum absolute atomic E-state index is 8.87. The van der Waals surface area contributed by atoms with Gasteiger partial charge in [-0.2, -0.15) is 0 Å². The van der Waals surface area contributed by atoms with Gasteiger partial charge >= 0.3 is 0 Å². The lowest BCUT2D eigenvalue weighted by Crippen LogP contribution is -2.27. The summed E-state index contributed by atoms with van der Waals surface area (Å²) in [5.41, 5.74) is 0. The van der Waals surface area contributed by atoms with Crippen LogP contribution in [-0.2, 0) is 0 Å². The third-order valence-electron chi connectivity index (χ3n) is 3.58. The molecule has 1 saturated heterocycles. The van der Waals surface area contributed by atoms with E-state index in [1.807, 2.05) is 0 Å². The summed E-state index contributed by atoms with van der Waals surface area (Å²) in [7, 11) is 0. The van der Waals surface area contributed by atoms with Crippen molar-refractivity contribution in [2.45, 2.75) is 39.5 Å². The molecule has 1 fully saturated rings. The fraction of sp³-hybridized carbons (Fsp3) is 1.00. The molecule has 2 nitrogen and oxygen atoms in total. The molecule has 2 heteroatoms. The van der Waals surface area contributed by atoms with Crippen molar-refractivity contribution in [3.8, 4) is 0 Å². The van der Waals surface area contributed by atoms with Gasteiger partial charge in [-0.15, -0.1) is 0 Å². The minimum atomic E-state index is 0.365. The van der Waals surface area contributed by atoms with Gasteiger partial charge in [-0.3, -0.25) is 0 Å². The van der Waals surface area contributed by atoms with Crippen molar-refractivity contribution < 1.29 is 5.11 Å². The molecule has 1 N–H and O–H groups in total. The largest absolute Gasteiger partial charge is 0.396 e. The standard InChI is InChI=1S/C12H25NO/c1-3-11(4-2)9-13-7-5-12(10-13)6-8-14/h11-12,14H,3-10H2,1-2H3. The molecule has 0 bridgehead atoms. The summed E-state index contributed by atoms with van der Waals surface area (Å²) in [6.45, 7) is 8.68. The van der Waals surface area contributed by atoms with Crippen molar-refractivity contribution in [3.05, 3.63) is 0 Å². The molecule has 0 aliphatic carbocycles. The van der Waals surface area contributed by atoms with Crippen LogP contribution >= 0.6 is 0 Å². The van der Waals surface area contributed by atoms with Gasteiger partial charge in [0.05, 0.1) is 0 Å². The van der Waals surface area contributed by atoms with Gasteiger partial charge in [0.2, 0.25) is 0 Å². The Morgan fingerprint density at radius 3 is 2.64 bits per heavy atom. The highest BCUT2D eigenvalue weighted by atomic mass is 16.3. The van der Waals surface area contributed by atoms with E-state index in [4.69, 9.17) is 5.11 Å². The molecule has 1 aliphatic rings. The van der Waals surface area contributed by atoms with Gasteiger partial charge in [0.1, 0.15) is 0 Å². The minimum Gasteiger partial charge on any atom is -0.396 e. The molecule has 1 heterocycles. The molecular formula is C12H25NO. The number of aliphatic hydroxyl groups excluding tert-OH is 1. The molecule has 0 amide bonds. The van der Waals surface area contributed by atoms with Gasteiger partial charge in [0.25, 0.3) is 0 Å².